The SMILES string of the molecule is Cc1sc(C(O)C2(CC(C)C)CCCC2)cc1Br. The van der Waals surface area contributed by atoms with Crippen molar-refractivity contribution in [1.29, 1.82) is 0 Å². The van der Waals surface area contributed by atoms with Crippen LogP contribution in [0.4, 0.5) is 0 Å². The molecular formula is C15H23BrOS. The molecule has 1 saturated carbocycles. The van der Waals surface area contributed by atoms with Gasteiger partial charge < -0.3 is 5.11 Å². The van der Waals surface area contributed by atoms with E-state index in [-0.39, 0.29) is 11.5 Å². The third-order valence-electron chi connectivity index (χ3n) is 4.14. The largest absolute Gasteiger partial charge is 0.387 e. The Bertz CT molecular complexity index is 385. The molecule has 0 aromatic carbocycles. The highest BCUT2D eigenvalue weighted by Gasteiger charge is 2.42. The van der Waals surface area contributed by atoms with Crippen LogP contribution in [-0.4, -0.2) is 5.11 Å². The highest BCUT2D eigenvalue weighted by molar-refractivity contribution is 9.10. The zero-order valence-electron chi connectivity index (χ0n) is 11.5. The van der Waals surface area contributed by atoms with E-state index in [0.29, 0.717) is 5.92 Å². The molecule has 0 saturated heterocycles. The van der Waals surface area contributed by atoms with E-state index in [9.17, 15) is 5.11 Å². The average molecular weight is 331 g/mol. The molecule has 2 rings (SSSR count). The van der Waals surface area contributed by atoms with Crippen LogP contribution >= 0.6 is 27.3 Å². The van der Waals surface area contributed by atoms with Gasteiger partial charge in [0.2, 0.25) is 0 Å². The first-order valence-electron chi connectivity index (χ1n) is 6.88. The lowest BCUT2D eigenvalue weighted by molar-refractivity contribution is 0.0137. The second-order valence-corrected chi connectivity index (χ2v) is 8.27. The van der Waals surface area contributed by atoms with Crippen molar-refractivity contribution in [2.45, 2.75) is 59.0 Å². The van der Waals surface area contributed by atoms with Crippen molar-refractivity contribution < 1.29 is 5.11 Å². The van der Waals surface area contributed by atoms with Gasteiger partial charge in [0.25, 0.3) is 0 Å². The van der Waals surface area contributed by atoms with Gasteiger partial charge in [-0.2, -0.15) is 0 Å². The quantitative estimate of drug-likeness (QED) is 0.777. The molecule has 1 aromatic rings. The lowest BCUT2D eigenvalue weighted by Crippen LogP contribution is -2.27. The normalized spacial score (nSPS) is 20.6. The zero-order chi connectivity index (χ0) is 13.3. The lowest BCUT2D eigenvalue weighted by Gasteiger charge is -2.35. The minimum atomic E-state index is -0.280. The number of thiophene rings is 1. The number of rotatable bonds is 4. The van der Waals surface area contributed by atoms with E-state index < -0.39 is 0 Å². The molecule has 0 spiro atoms. The van der Waals surface area contributed by atoms with Gasteiger partial charge in [-0.15, -0.1) is 11.3 Å². The summed E-state index contributed by atoms with van der Waals surface area (Å²) in [6.45, 7) is 6.64. The summed E-state index contributed by atoms with van der Waals surface area (Å²) in [4.78, 5) is 2.41. The van der Waals surface area contributed by atoms with E-state index in [2.05, 4.69) is 42.8 Å². The van der Waals surface area contributed by atoms with Gasteiger partial charge in [0.05, 0.1) is 6.10 Å². The van der Waals surface area contributed by atoms with Gasteiger partial charge in [-0.3, -0.25) is 0 Å². The first kappa shape index (κ1) is 14.5. The number of hydrogen-bond donors (Lipinski definition) is 1. The molecule has 1 unspecified atom stereocenters. The molecule has 0 amide bonds. The van der Waals surface area contributed by atoms with Gasteiger partial charge in [0.1, 0.15) is 0 Å². The molecule has 102 valence electrons. The third-order valence-corrected chi connectivity index (χ3v) is 6.33. The Morgan fingerprint density at radius 1 is 1.39 bits per heavy atom. The summed E-state index contributed by atoms with van der Waals surface area (Å²) in [5.41, 5.74) is 0.130. The highest BCUT2D eigenvalue weighted by Crippen LogP contribution is 2.53. The maximum Gasteiger partial charge on any atom is 0.0938 e. The molecule has 1 aliphatic rings. The maximum atomic E-state index is 10.8. The van der Waals surface area contributed by atoms with E-state index in [1.807, 2.05) is 0 Å². The van der Waals surface area contributed by atoms with Crippen LogP contribution in [0.15, 0.2) is 10.5 Å². The number of halogens is 1. The average Bonchev–Trinajstić information content (AvgIpc) is 2.86. The van der Waals surface area contributed by atoms with Gasteiger partial charge in [-0.25, -0.2) is 0 Å². The molecule has 18 heavy (non-hydrogen) atoms. The van der Waals surface area contributed by atoms with Crippen LogP contribution in [0.1, 0.15) is 61.8 Å². The highest BCUT2D eigenvalue weighted by atomic mass is 79.9. The van der Waals surface area contributed by atoms with E-state index in [4.69, 9.17) is 0 Å². The van der Waals surface area contributed by atoms with Crippen LogP contribution in [-0.2, 0) is 0 Å². The Morgan fingerprint density at radius 2 is 2.00 bits per heavy atom. The topological polar surface area (TPSA) is 20.2 Å². The smallest absolute Gasteiger partial charge is 0.0938 e. The van der Waals surface area contributed by atoms with Crippen molar-refractivity contribution in [1.82, 2.24) is 0 Å². The van der Waals surface area contributed by atoms with Crippen LogP contribution in [0.25, 0.3) is 0 Å². The monoisotopic (exact) mass is 330 g/mol. The molecule has 1 N–H and O–H groups in total. The second-order valence-electron chi connectivity index (χ2n) is 6.12. The summed E-state index contributed by atoms with van der Waals surface area (Å²) < 4.78 is 1.14. The summed E-state index contributed by atoms with van der Waals surface area (Å²) in [6.07, 6.45) is 5.77. The molecule has 1 aliphatic carbocycles. The van der Waals surface area contributed by atoms with Crippen LogP contribution in [0.3, 0.4) is 0 Å². The predicted molar refractivity (Wildman–Crippen MR) is 82.1 cm³/mol. The van der Waals surface area contributed by atoms with Gasteiger partial charge in [0.15, 0.2) is 0 Å². The second kappa shape index (κ2) is 5.64. The molecule has 1 aromatic heterocycles. The van der Waals surface area contributed by atoms with E-state index >= 15 is 0 Å². The molecule has 3 heteroatoms. The third kappa shape index (κ3) is 2.83. The summed E-state index contributed by atoms with van der Waals surface area (Å²) >= 11 is 5.30. The van der Waals surface area contributed by atoms with Crippen LogP contribution < -0.4 is 0 Å². The Balaban J connectivity index is 2.25. The summed E-state index contributed by atoms with van der Waals surface area (Å²) in [7, 11) is 0. The lowest BCUT2D eigenvalue weighted by atomic mass is 9.73. The number of aliphatic hydroxyl groups is 1. The molecule has 1 atom stereocenters. The first-order chi connectivity index (χ1) is 8.44. The molecule has 1 heterocycles. The maximum absolute atomic E-state index is 10.8. The zero-order valence-corrected chi connectivity index (χ0v) is 13.9. The summed E-state index contributed by atoms with van der Waals surface area (Å²) in [5, 5.41) is 10.8. The van der Waals surface area contributed by atoms with Crippen molar-refractivity contribution in [2.24, 2.45) is 11.3 Å². The van der Waals surface area contributed by atoms with Crippen molar-refractivity contribution in [3.63, 3.8) is 0 Å². The number of hydrogen-bond acceptors (Lipinski definition) is 2. The molecule has 0 bridgehead atoms. The summed E-state index contributed by atoms with van der Waals surface area (Å²) in [6, 6.07) is 2.12. The Labute approximate surface area is 123 Å². The van der Waals surface area contributed by atoms with Crippen molar-refractivity contribution in [2.75, 3.05) is 0 Å². The fourth-order valence-corrected chi connectivity index (χ4v) is 5.09. The van der Waals surface area contributed by atoms with Crippen molar-refractivity contribution in [3.8, 4) is 0 Å². The first-order valence-corrected chi connectivity index (χ1v) is 8.49. The number of aryl methyl sites for hydroxylation is 1. The fraction of sp³-hybridized carbons (Fsp3) is 0.733. The summed E-state index contributed by atoms with van der Waals surface area (Å²) in [5.74, 6) is 0.655. The van der Waals surface area contributed by atoms with E-state index in [1.54, 1.807) is 11.3 Å². The minimum absolute atomic E-state index is 0.130. The van der Waals surface area contributed by atoms with E-state index in [0.717, 1.165) is 15.8 Å². The number of aliphatic hydroxyl groups excluding tert-OH is 1. The molecule has 0 aliphatic heterocycles. The molecule has 1 nitrogen and oxygen atoms in total. The van der Waals surface area contributed by atoms with Crippen molar-refractivity contribution >= 4 is 27.3 Å². The Morgan fingerprint density at radius 3 is 2.44 bits per heavy atom. The standard InChI is InChI=1S/C15H23BrOS/c1-10(2)9-15(6-4-5-7-15)14(17)13-8-12(16)11(3)18-13/h8,10,14,17H,4-7,9H2,1-3H3. The Hall–Kier alpha value is 0.140. The predicted octanol–water partition coefficient (Wildman–Crippen LogP) is 5.46. The van der Waals surface area contributed by atoms with Gasteiger partial charge in [0, 0.05) is 19.6 Å². The molecule has 0 radical (unpaired) electrons. The molecular weight excluding hydrogens is 308 g/mol. The Kier molecular flexibility index (Phi) is 4.56. The van der Waals surface area contributed by atoms with Gasteiger partial charge in [-0.05, 0) is 54.1 Å². The minimum Gasteiger partial charge on any atom is -0.387 e. The van der Waals surface area contributed by atoms with Crippen LogP contribution in [0.5, 0.6) is 0 Å². The van der Waals surface area contributed by atoms with Crippen molar-refractivity contribution in [3.05, 3.63) is 20.3 Å². The van der Waals surface area contributed by atoms with Crippen LogP contribution in [0, 0.1) is 18.3 Å². The van der Waals surface area contributed by atoms with E-state index in [1.165, 1.54) is 30.6 Å². The molecule has 1 fully saturated rings. The van der Waals surface area contributed by atoms with Gasteiger partial charge >= 0.3 is 0 Å². The fourth-order valence-electron chi connectivity index (χ4n) is 3.40. The van der Waals surface area contributed by atoms with Gasteiger partial charge in [-0.1, -0.05) is 26.7 Å². The van der Waals surface area contributed by atoms with Crippen LogP contribution in [0.2, 0.25) is 0 Å².